The summed E-state index contributed by atoms with van der Waals surface area (Å²) in [5, 5.41) is 18.6. The lowest BCUT2D eigenvalue weighted by molar-refractivity contribution is 0.122. The number of likely N-dealkylation sites (tertiary alicyclic amines) is 1. The number of ether oxygens (including phenoxy) is 7. The monoisotopic (exact) mass is 1930 g/mol. The Morgan fingerprint density at radius 1 is 0.375 bits per heavy atom. The predicted molar refractivity (Wildman–Crippen MR) is 604 cm³/mol. The van der Waals surface area contributed by atoms with Gasteiger partial charge in [0, 0.05) is 134 Å². The number of rotatable bonds is 18. The Labute approximate surface area is 855 Å². The molecule has 0 radical (unpaired) electrons. The molecule has 754 valence electrons. The summed E-state index contributed by atoms with van der Waals surface area (Å²) < 4.78 is 37.1. The molecule has 0 spiro atoms. The summed E-state index contributed by atoms with van der Waals surface area (Å²) in [6, 6.07) is 100. The van der Waals surface area contributed by atoms with Gasteiger partial charge in [0.1, 0.15) is 35.6 Å². The van der Waals surface area contributed by atoms with E-state index < -0.39 is 0 Å². The zero-order valence-corrected chi connectivity index (χ0v) is 87.8. The number of fused-ring (bicyclic) bond motifs is 8. The molecule has 18 aromatic rings. The summed E-state index contributed by atoms with van der Waals surface area (Å²) in [5.41, 5.74) is 21.8. The number of piperidine rings is 1. The van der Waals surface area contributed by atoms with Gasteiger partial charge in [-0.2, -0.15) is 5.10 Å². The zero-order chi connectivity index (χ0) is 101. The van der Waals surface area contributed by atoms with Gasteiger partial charge in [-0.25, -0.2) is 19.9 Å². The maximum atomic E-state index is 5.58. The maximum absolute atomic E-state index is 5.58. The van der Waals surface area contributed by atoms with Crippen molar-refractivity contribution in [1.82, 2.24) is 45.0 Å². The van der Waals surface area contributed by atoms with E-state index >= 15 is 0 Å². The van der Waals surface area contributed by atoms with Crippen LogP contribution < -0.4 is 24.2 Å². The average Bonchev–Trinajstić information content (AvgIpc) is 0.798. The van der Waals surface area contributed by atoms with Crippen LogP contribution >= 0.6 is 0 Å². The number of para-hydroxylation sites is 4. The summed E-state index contributed by atoms with van der Waals surface area (Å²) in [6.07, 6.45) is 14.5. The number of aromatic amines is 3. The number of nitrogens with one attached hydrogen (secondary N) is 3. The molecule has 4 fully saturated rings. The molecule has 4 aliphatic heterocycles. The fourth-order valence-electron chi connectivity index (χ4n) is 17.4. The minimum atomic E-state index is 0.589. The standard InChI is InChI=1S/C16H18N2O.C15H12.C14H11N.C13H20O.C12H15NO2.C11H16N2O.C10H14N2O.C9H19NO.C9H9N.C8H8N2.C8H10/c1-13-11-15(14-5-3-2-4-6-14)17-16(12-13)18-7-9-19-10-8-18;1-11-10-12-6-2-3-8-14(12)15-9-5-4-7-13(11)15;1-10-11-6-2-4-8-13(11)15-14-9-5-3-7-12(10)14;1-3-5-11-14-13-9-7-12(6-4-2)8-10-13;1-9-8-13-12-4-3-10(7-11(9)12)15-6-5-14-2;1-9-7-10(2)12-11(8-9)13-3-5-14-6-4-13;1-9-2-3-11-10(8-9)12-4-6-13-7-5-12;1-9-3-5-10(6-4-9)7-8-11-2;1-7-6-10-9-5-3-2-4-8(7)9;1-6-7-4-2-3-5-8(7)10-9-6;1-2-8-6-4-3-5-7-8/h2-6,11-12H,7-10H2,1H3;2-10H,1H3;2-9H,1H3;7-10H,3-6,11H2,1-2H3;3-4,7-8,13H,5-6H2,1-2H3;7-8H,3-6H2,1-2H3;2-3,8H,4-7H2,1H3;9H,3-8H2,1-2H3;2-6,10H,1H3;2-5H,1H3,(H,9,10);3-7H,2H2,1H3. The third kappa shape index (κ3) is 34.6. The Morgan fingerprint density at radius 2 is 0.875 bits per heavy atom. The lowest BCUT2D eigenvalue weighted by Crippen LogP contribution is -2.36. The summed E-state index contributed by atoms with van der Waals surface area (Å²) in [5.74, 6) is 6.05. The first-order valence-electron chi connectivity index (χ1n) is 51.5. The highest BCUT2D eigenvalue weighted by Gasteiger charge is 2.19. The third-order valence-corrected chi connectivity index (χ3v) is 25.7. The lowest BCUT2D eigenvalue weighted by atomic mass is 9.98. The number of methoxy groups -OCH3 is 2. The van der Waals surface area contributed by atoms with E-state index in [0.29, 0.717) is 13.2 Å². The van der Waals surface area contributed by atoms with Gasteiger partial charge in [-0.1, -0.05) is 241 Å². The number of unbranched alkanes of at least 4 members (excludes halogenated alkanes) is 1. The van der Waals surface area contributed by atoms with E-state index in [9.17, 15) is 0 Å². The summed E-state index contributed by atoms with van der Waals surface area (Å²) in [7, 11) is 3.44. The quantitative estimate of drug-likeness (QED) is 0.0417. The molecule has 4 saturated heterocycles. The van der Waals surface area contributed by atoms with Gasteiger partial charge in [-0.15, -0.1) is 0 Å². The van der Waals surface area contributed by atoms with Crippen LogP contribution in [0.2, 0.25) is 0 Å². The highest BCUT2D eigenvalue weighted by atomic mass is 16.5. The Hall–Kier alpha value is -13.6. The molecule has 19 nitrogen and oxygen atoms in total. The second kappa shape index (κ2) is 59.4. The van der Waals surface area contributed by atoms with Crippen molar-refractivity contribution in [1.29, 1.82) is 0 Å². The van der Waals surface area contributed by atoms with Crippen LogP contribution in [0.1, 0.15) is 121 Å². The zero-order valence-electron chi connectivity index (χ0n) is 87.8. The van der Waals surface area contributed by atoms with Crippen molar-refractivity contribution >= 4 is 93.5 Å². The van der Waals surface area contributed by atoms with Crippen LogP contribution in [0.3, 0.4) is 0 Å². The van der Waals surface area contributed by atoms with Gasteiger partial charge in [0.2, 0.25) is 0 Å². The number of pyridine rings is 4. The van der Waals surface area contributed by atoms with Crippen LogP contribution in [-0.4, -0.2) is 184 Å². The number of hydrogen-bond donors (Lipinski definition) is 3. The molecule has 0 atom stereocenters. The van der Waals surface area contributed by atoms with E-state index in [0.717, 1.165) is 192 Å². The topological polar surface area (TPSA) is 189 Å². The molecule has 0 saturated carbocycles. The molecule has 0 aliphatic carbocycles. The number of H-pyrrole nitrogens is 3. The van der Waals surface area contributed by atoms with Gasteiger partial charge in [-0.3, -0.25) is 5.10 Å². The van der Waals surface area contributed by atoms with Crippen molar-refractivity contribution in [3.8, 4) is 22.8 Å². The van der Waals surface area contributed by atoms with Gasteiger partial charge in [0.05, 0.1) is 81.7 Å². The number of anilines is 3. The van der Waals surface area contributed by atoms with Gasteiger partial charge < -0.3 is 62.7 Å². The lowest BCUT2D eigenvalue weighted by Gasteiger charge is -2.29. The van der Waals surface area contributed by atoms with E-state index in [1.54, 1.807) is 14.2 Å². The van der Waals surface area contributed by atoms with Crippen LogP contribution in [0.4, 0.5) is 17.5 Å². The molecule has 11 heterocycles. The van der Waals surface area contributed by atoms with Gasteiger partial charge in [-0.05, 0) is 276 Å². The van der Waals surface area contributed by atoms with Gasteiger partial charge in [0.15, 0.2) is 0 Å². The summed E-state index contributed by atoms with van der Waals surface area (Å²) in [6.45, 7) is 44.9. The molecule has 19 heteroatoms. The van der Waals surface area contributed by atoms with Gasteiger partial charge >= 0.3 is 0 Å². The molecule has 0 bridgehead atoms. The number of aryl methyl sites for hydroxylation is 11. The van der Waals surface area contributed by atoms with E-state index in [1.165, 1.54) is 148 Å². The molecule has 11 aromatic carbocycles. The summed E-state index contributed by atoms with van der Waals surface area (Å²) >= 11 is 0. The number of benzene rings is 11. The van der Waals surface area contributed by atoms with Crippen molar-refractivity contribution in [3.63, 3.8) is 0 Å². The molecule has 3 N–H and O–H groups in total. The van der Waals surface area contributed by atoms with Crippen molar-refractivity contribution < 1.29 is 33.2 Å². The minimum absolute atomic E-state index is 0.589. The highest BCUT2D eigenvalue weighted by Crippen LogP contribution is 2.31. The van der Waals surface area contributed by atoms with Crippen molar-refractivity contribution in [3.05, 3.63) is 371 Å². The highest BCUT2D eigenvalue weighted by molar-refractivity contribution is 6.09. The van der Waals surface area contributed by atoms with Crippen LogP contribution in [0, 0.1) is 68.2 Å². The molecule has 0 amide bonds. The maximum Gasteiger partial charge on any atom is 0.129 e. The smallest absolute Gasteiger partial charge is 0.129 e. The molecule has 22 rings (SSSR count). The fraction of sp³-hybridized carbons (Fsp3) is 0.336. The van der Waals surface area contributed by atoms with Gasteiger partial charge in [0.25, 0.3) is 0 Å². The predicted octanol–water partition coefficient (Wildman–Crippen LogP) is 27.9. The van der Waals surface area contributed by atoms with Crippen LogP contribution in [0.25, 0.3) is 87.3 Å². The van der Waals surface area contributed by atoms with Crippen LogP contribution in [-0.2, 0) is 36.5 Å². The summed E-state index contributed by atoms with van der Waals surface area (Å²) in [4.78, 5) is 34.0. The number of nitrogens with zero attached hydrogens (tertiary/aromatic N) is 9. The molecule has 4 aliphatic rings. The van der Waals surface area contributed by atoms with Crippen molar-refractivity contribution in [2.75, 3.05) is 154 Å². The van der Waals surface area contributed by atoms with Crippen molar-refractivity contribution in [2.24, 2.45) is 5.92 Å². The van der Waals surface area contributed by atoms with Crippen LogP contribution in [0.5, 0.6) is 11.5 Å². The first-order chi connectivity index (χ1) is 70.3. The SMILES string of the molecule is CCCCOc1ccc(CCC)cc1.CCc1ccccc1.COCCN1CCC(C)CC1.COCCOc1ccc2[nH]cc(C)c2c1.Cc1[nH]nc2ccccc12.Cc1c2ccccc2nc2ccccc12.Cc1c[nH]c2ccccc12.Cc1cc(-c2ccccc2)nc(N2CCOCC2)c1.Cc1cc(C)nc(N2CCOCC2)c1.Cc1cc2ccccc2c2ccccc12.Cc1ccnc(N2CCOCC2)c1. The first kappa shape index (κ1) is 109. The van der Waals surface area contributed by atoms with Crippen LogP contribution in [0.15, 0.2) is 310 Å². The third-order valence-electron chi connectivity index (χ3n) is 25.7. The Kier molecular flexibility index (Phi) is 45.1. The number of morpholine rings is 3. The molecular weight excluding hydrogens is 1780 g/mol. The first-order valence-corrected chi connectivity index (χ1v) is 51.5. The van der Waals surface area contributed by atoms with Crippen molar-refractivity contribution in [2.45, 2.75) is 135 Å². The fourth-order valence-corrected chi connectivity index (χ4v) is 17.4. The van der Waals surface area contributed by atoms with E-state index in [1.807, 2.05) is 111 Å². The largest absolute Gasteiger partial charge is 0.494 e. The van der Waals surface area contributed by atoms with E-state index in [2.05, 4.69) is 343 Å². The van der Waals surface area contributed by atoms with E-state index in [-0.39, 0.29) is 0 Å². The normalized spacial score (nSPS) is 13.4. The molecule has 0 unspecified atom stereocenters. The Balaban J connectivity index is 0.000000142. The minimum Gasteiger partial charge on any atom is -0.494 e. The second-order valence-electron chi connectivity index (χ2n) is 37.0. The molecule has 7 aromatic heterocycles. The number of hydrogen-bond acceptors (Lipinski definition) is 16. The Bertz CT molecular complexity index is 6620. The molecule has 144 heavy (non-hydrogen) atoms. The molecular formula is C125H152N12O7. The Morgan fingerprint density at radius 3 is 1.44 bits per heavy atom. The average molecular weight is 1930 g/mol. The second-order valence-corrected chi connectivity index (χ2v) is 37.0. The van der Waals surface area contributed by atoms with E-state index in [4.69, 9.17) is 38.1 Å². The number of aromatic nitrogens is 8.